The largest absolute Gasteiger partial charge is 0.481 e. The van der Waals surface area contributed by atoms with Crippen LogP contribution in [0.15, 0.2) is 18.2 Å². The van der Waals surface area contributed by atoms with Gasteiger partial charge in [0.15, 0.2) is 0 Å². The van der Waals surface area contributed by atoms with E-state index in [0.29, 0.717) is 0 Å². The minimum atomic E-state index is -1.04. The van der Waals surface area contributed by atoms with E-state index in [9.17, 15) is 19.7 Å². The maximum Gasteiger partial charge on any atom is 0.305 e. The number of nitrogens with zero attached hydrogens (tertiary/aromatic N) is 2. The molecule has 0 aliphatic heterocycles. The van der Waals surface area contributed by atoms with E-state index in [1.54, 1.807) is 6.92 Å². The number of carboxylic acids is 1. The molecule has 1 N–H and O–H groups in total. The quantitative estimate of drug-likeness (QED) is 0.641. The first-order chi connectivity index (χ1) is 9.36. The number of nitro groups is 1. The predicted octanol–water partition coefficient (Wildman–Crippen LogP) is 2.18. The number of hydrogen-bond acceptors (Lipinski definition) is 4. The van der Waals surface area contributed by atoms with Crippen molar-refractivity contribution in [1.29, 1.82) is 0 Å². The zero-order valence-corrected chi connectivity index (χ0v) is 11.5. The van der Waals surface area contributed by atoms with Gasteiger partial charge in [-0.3, -0.25) is 19.7 Å². The Labute approximate surface area is 119 Å². The monoisotopic (exact) mass is 300 g/mol. The molecule has 1 rings (SSSR count). The van der Waals surface area contributed by atoms with Gasteiger partial charge in [0.2, 0.25) is 0 Å². The molecule has 0 atom stereocenters. The van der Waals surface area contributed by atoms with E-state index >= 15 is 0 Å². The third kappa shape index (κ3) is 3.92. The van der Waals surface area contributed by atoms with Crippen molar-refractivity contribution in [2.75, 3.05) is 13.1 Å². The molecule has 108 valence electrons. The first kappa shape index (κ1) is 15.9. The fourth-order valence-corrected chi connectivity index (χ4v) is 1.81. The molecule has 1 aromatic carbocycles. The van der Waals surface area contributed by atoms with Crippen LogP contribution in [0.1, 0.15) is 23.7 Å². The lowest BCUT2D eigenvalue weighted by atomic mass is 10.1. The normalized spacial score (nSPS) is 10.1. The van der Waals surface area contributed by atoms with E-state index in [2.05, 4.69) is 0 Å². The van der Waals surface area contributed by atoms with Crippen LogP contribution in [0.4, 0.5) is 5.69 Å². The molecule has 8 heteroatoms. The Morgan fingerprint density at radius 1 is 1.45 bits per heavy atom. The lowest BCUT2D eigenvalue weighted by Crippen LogP contribution is -2.33. The first-order valence-corrected chi connectivity index (χ1v) is 6.19. The second kappa shape index (κ2) is 6.85. The molecule has 0 aliphatic carbocycles. The fraction of sp³-hybridized carbons (Fsp3) is 0.333. The molecule has 1 aromatic rings. The van der Waals surface area contributed by atoms with Crippen molar-refractivity contribution in [3.8, 4) is 0 Å². The average molecular weight is 301 g/mol. The van der Waals surface area contributed by atoms with Crippen LogP contribution in [0, 0.1) is 10.1 Å². The highest BCUT2D eigenvalue weighted by atomic mass is 35.5. The first-order valence-electron chi connectivity index (χ1n) is 5.81. The molecule has 0 heterocycles. The van der Waals surface area contributed by atoms with E-state index in [-0.39, 0.29) is 30.1 Å². The molecule has 0 saturated heterocycles. The van der Waals surface area contributed by atoms with Crippen molar-refractivity contribution < 1.29 is 19.6 Å². The smallest absolute Gasteiger partial charge is 0.305 e. The van der Waals surface area contributed by atoms with Crippen LogP contribution in [-0.4, -0.2) is 39.9 Å². The summed E-state index contributed by atoms with van der Waals surface area (Å²) in [5.41, 5.74) is -0.497. The number of rotatable bonds is 6. The van der Waals surface area contributed by atoms with E-state index in [4.69, 9.17) is 16.7 Å². The maximum absolute atomic E-state index is 12.2. The van der Waals surface area contributed by atoms with Gasteiger partial charge in [-0.15, -0.1) is 0 Å². The molecule has 0 spiro atoms. The zero-order valence-electron chi connectivity index (χ0n) is 10.7. The lowest BCUT2D eigenvalue weighted by Gasteiger charge is -2.19. The van der Waals surface area contributed by atoms with Gasteiger partial charge in [-0.2, -0.15) is 0 Å². The Balaban J connectivity index is 3.06. The Kier molecular flexibility index (Phi) is 5.45. The van der Waals surface area contributed by atoms with Gasteiger partial charge in [0, 0.05) is 24.2 Å². The number of carbonyl (C=O) groups excluding carboxylic acids is 1. The van der Waals surface area contributed by atoms with E-state index in [0.717, 1.165) is 6.07 Å². The van der Waals surface area contributed by atoms with Crippen LogP contribution in [0.5, 0.6) is 0 Å². The van der Waals surface area contributed by atoms with Crippen molar-refractivity contribution >= 4 is 29.2 Å². The van der Waals surface area contributed by atoms with Crippen molar-refractivity contribution in [1.82, 2.24) is 4.90 Å². The Morgan fingerprint density at radius 3 is 2.60 bits per heavy atom. The molecule has 0 saturated carbocycles. The van der Waals surface area contributed by atoms with Gasteiger partial charge in [-0.25, -0.2) is 0 Å². The highest BCUT2D eigenvalue weighted by molar-refractivity contribution is 6.31. The van der Waals surface area contributed by atoms with Gasteiger partial charge < -0.3 is 10.0 Å². The topological polar surface area (TPSA) is 101 Å². The summed E-state index contributed by atoms with van der Waals surface area (Å²) >= 11 is 5.67. The van der Waals surface area contributed by atoms with Gasteiger partial charge in [0.25, 0.3) is 11.6 Å². The molecule has 7 nitrogen and oxygen atoms in total. The average Bonchev–Trinajstić information content (AvgIpc) is 2.38. The van der Waals surface area contributed by atoms with E-state index in [1.807, 2.05) is 0 Å². The molecular weight excluding hydrogens is 288 g/mol. The summed E-state index contributed by atoms with van der Waals surface area (Å²) in [6, 6.07) is 3.75. The SMILES string of the molecule is CCN(CCC(=O)O)C(=O)c1ccc(Cl)cc1[N+](=O)[O-]. The fourth-order valence-electron chi connectivity index (χ4n) is 1.64. The summed E-state index contributed by atoms with van der Waals surface area (Å²) < 4.78 is 0. The van der Waals surface area contributed by atoms with Crippen LogP contribution in [0.2, 0.25) is 5.02 Å². The van der Waals surface area contributed by atoms with Crippen LogP contribution in [0.25, 0.3) is 0 Å². The van der Waals surface area contributed by atoms with Gasteiger partial charge in [-0.05, 0) is 19.1 Å². The minimum absolute atomic E-state index is 0.00948. The third-order valence-corrected chi connectivity index (χ3v) is 2.89. The molecule has 0 bridgehead atoms. The zero-order chi connectivity index (χ0) is 15.3. The van der Waals surface area contributed by atoms with Crippen LogP contribution < -0.4 is 0 Å². The summed E-state index contributed by atoms with van der Waals surface area (Å²) in [5, 5.41) is 19.7. The number of nitro benzene ring substituents is 1. The summed E-state index contributed by atoms with van der Waals surface area (Å²) in [7, 11) is 0. The van der Waals surface area contributed by atoms with Crippen LogP contribution >= 0.6 is 11.6 Å². The van der Waals surface area contributed by atoms with Gasteiger partial charge in [0.1, 0.15) is 5.56 Å². The molecule has 0 aromatic heterocycles. The molecule has 1 amide bonds. The van der Waals surface area contributed by atoms with Crippen molar-refractivity contribution in [3.63, 3.8) is 0 Å². The lowest BCUT2D eigenvalue weighted by molar-refractivity contribution is -0.385. The van der Waals surface area contributed by atoms with E-state index in [1.165, 1.54) is 17.0 Å². The van der Waals surface area contributed by atoms with E-state index < -0.39 is 22.5 Å². The predicted molar refractivity (Wildman–Crippen MR) is 71.9 cm³/mol. The number of carbonyl (C=O) groups is 2. The number of hydrogen-bond donors (Lipinski definition) is 1. The van der Waals surface area contributed by atoms with Crippen LogP contribution in [-0.2, 0) is 4.79 Å². The summed E-state index contributed by atoms with van der Waals surface area (Å²) in [6.07, 6.45) is -0.221. The Bertz CT molecular complexity index is 547. The Hall–Kier alpha value is -2.15. The molecule has 0 fully saturated rings. The van der Waals surface area contributed by atoms with Crippen molar-refractivity contribution in [2.45, 2.75) is 13.3 Å². The summed E-state index contributed by atoms with van der Waals surface area (Å²) in [6.45, 7) is 1.91. The standard InChI is InChI=1S/C12H13ClN2O5/c1-2-14(6-5-11(16)17)12(18)9-4-3-8(13)7-10(9)15(19)20/h3-4,7H,2,5-6H2,1H3,(H,16,17). The molecular formula is C12H13ClN2O5. The number of benzene rings is 1. The second-order valence-electron chi connectivity index (χ2n) is 3.95. The highest BCUT2D eigenvalue weighted by Gasteiger charge is 2.24. The highest BCUT2D eigenvalue weighted by Crippen LogP contribution is 2.24. The summed E-state index contributed by atoms with van der Waals surface area (Å²) in [4.78, 5) is 34.2. The molecule has 20 heavy (non-hydrogen) atoms. The molecule has 0 aliphatic rings. The van der Waals surface area contributed by atoms with Crippen molar-refractivity contribution in [3.05, 3.63) is 38.9 Å². The number of carboxylic acid groups (broad SMARTS) is 1. The number of aliphatic carboxylic acids is 1. The minimum Gasteiger partial charge on any atom is -0.481 e. The Morgan fingerprint density at radius 2 is 2.10 bits per heavy atom. The number of amides is 1. The van der Waals surface area contributed by atoms with Crippen LogP contribution in [0.3, 0.4) is 0 Å². The maximum atomic E-state index is 12.2. The molecule has 0 unspecified atom stereocenters. The van der Waals surface area contributed by atoms with Crippen molar-refractivity contribution in [2.24, 2.45) is 0 Å². The van der Waals surface area contributed by atoms with Gasteiger partial charge in [-0.1, -0.05) is 11.6 Å². The summed E-state index contributed by atoms with van der Waals surface area (Å²) in [5.74, 6) is -1.63. The molecule has 0 radical (unpaired) electrons. The number of halogens is 1. The van der Waals surface area contributed by atoms with Gasteiger partial charge >= 0.3 is 5.97 Å². The second-order valence-corrected chi connectivity index (χ2v) is 4.38. The van der Waals surface area contributed by atoms with Gasteiger partial charge in [0.05, 0.1) is 11.3 Å². The third-order valence-electron chi connectivity index (χ3n) is 2.65.